The predicted octanol–water partition coefficient (Wildman–Crippen LogP) is 4.86. The highest BCUT2D eigenvalue weighted by atomic mass is 15.2. The van der Waals surface area contributed by atoms with Crippen LogP contribution in [-0.2, 0) is 6.42 Å². The fourth-order valence-corrected chi connectivity index (χ4v) is 3.89. The van der Waals surface area contributed by atoms with Crippen molar-refractivity contribution < 1.29 is 0 Å². The maximum absolute atomic E-state index is 9.30. The van der Waals surface area contributed by atoms with Gasteiger partial charge in [-0.15, -0.1) is 0 Å². The smallest absolute Gasteiger partial charge is 0.229 e. The van der Waals surface area contributed by atoms with Gasteiger partial charge in [0.15, 0.2) is 0 Å². The van der Waals surface area contributed by atoms with E-state index in [-0.39, 0.29) is 0 Å². The van der Waals surface area contributed by atoms with Gasteiger partial charge in [-0.05, 0) is 49.8 Å². The van der Waals surface area contributed by atoms with Crippen molar-refractivity contribution in [1.82, 2.24) is 9.97 Å². The molecule has 0 unspecified atom stereocenters. The second-order valence-electron chi connectivity index (χ2n) is 7.59. The molecule has 1 N–H and O–H groups in total. The van der Waals surface area contributed by atoms with E-state index in [1.807, 2.05) is 31.2 Å². The lowest BCUT2D eigenvalue weighted by Crippen LogP contribution is -2.35. The van der Waals surface area contributed by atoms with Crippen LogP contribution >= 0.6 is 0 Å². The van der Waals surface area contributed by atoms with Gasteiger partial charge in [-0.1, -0.05) is 42.5 Å². The largest absolute Gasteiger partial charge is 0.356 e. The van der Waals surface area contributed by atoms with Gasteiger partial charge in [-0.25, -0.2) is 4.98 Å². The van der Waals surface area contributed by atoms with Crippen LogP contribution in [0.25, 0.3) is 0 Å². The number of nitrogens with zero attached hydrogens (tertiary/aromatic N) is 4. The first kappa shape index (κ1) is 18.9. The summed E-state index contributed by atoms with van der Waals surface area (Å²) in [5.41, 5.74) is 3.65. The summed E-state index contributed by atoms with van der Waals surface area (Å²) in [6.45, 7) is 3.99. The van der Waals surface area contributed by atoms with E-state index in [2.05, 4.69) is 51.6 Å². The van der Waals surface area contributed by atoms with E-state index in [4.69, 9.17) is 4.98 Å². The summed E-state index contributed by atoms with van der Waals surface area (Å²) in [7, 11) is 0. The fraction of sp³-hybridized carbons (Fsp3) is 0.292. The van der Waals surface area contributed by atoms with Gasteiger partial charge in [0, 0.05) is 24.8 Å². The van der Waals surface area contributed by atoms with Crippen molar-refractivity contribution >= 4 is 17.5 Å². The molecular formula is C24H25N5. The number of hydrogen-bond donors (Lipinski definition) is 1. The highest BCUT2D eigenvalue weighted by molar-refractivity contribution is 5.63. The normalized spacial score (nSPS) is 14.4. The molecular weight excluding hydrogens is 358 g/mol. The first-order valence-corrected chi connectivity index (χ1v) is 10.1. The molecule has 5 heteroatoms. The van der Waals surface area contributed by atoms with E-state index < -0.39 is 0 Å². The Bertz CT molecular complexity index is 1000. The maximum atomic E-state index is 9.30. The zero-order valence-corrected chi connectivity index (χ0v) is 16.7. The van der Waals surface area contributed by atoms with Crippen molar-refractivity contribution in [3.63, 3.8) is 0 Å². The van der Waals surface area contributed by atoms with Crippen molar-refractivity contribution in [2.45, 2.75) is 26.2 Å². The van der Waals surface area contributed by atoms with Crippen molar-refractivity contribution in [1.29, 1.82) is 5.26 Å². The summed E-state index contributed by atoms with van der Waals surface area (Å²) in [5, 5.41) is 12.5. The average molecular weight is 383 g/mol. The molecule has 3 aromatic rings. The van der Waals surface area contributed by atoms with E-state index >= 15 is 0 Å². The number of benzene rings is 2. The van der Waals surface area contributed by atoms with Gasteiger partial charge in [0.2, 0.25) is 5.95 Å². The molecule has 0 radical (unpaired) electrons. The third-order valence-electron chi connectivity index (χ3n) is 5.44. The first-order valence-electron chi connectivity index (χ1n) is 10.1. The number of aryl methyl sites for hydroxylation is 1. The number of anilines is 3. The van der Waals surface area contributed by atoms with Crippen LogP contribution in [0.5, 0.6) is 0 Å². The minimum atomic E-state index is 0.536. The molecule has 0 aliphatic carbocycles. The van der Waals surface area contributed by atoms with Gasteiger partial charge in [0.05, 0.1) is 11.3 Å². The Balaban J connectivity index is 1.44. The number of nitrogens with one attached hydrogen (secondary N) is 1. The van der Waals surface area contributed by atoms with Crippen LogP contribution in [0.1, 0.15) is 29.7 Å². The summed E-state index contributed by atoms with van der Waals surface area (Å²) in [4.78, 5) is 11.6. The van der Waals surface area contributed by atoms with E-state index in [9.17, 15) is 5.26 Å². The number of para-hydroxylation sites is 1. The highest BCUT2D eigenvalue weighted by Crippen LogP contribution is 2.26. The summed E-state index contributed by atoms with van der Waals surface area (Å²) >= 11 is 0. The molecule has 0 saturated carbocycles. The highest BCUT2D eigenvalue weighted by Gasteiger charge is 2.21. The fourth-order valence-electron chi connectivity index (χ4n) is 3.89. The minimum Gasteiger partial charge on any atom is -0.356 e. The van der Waals surface area contributed by atoms with Crippen LogP contribution in [0.2, 0.25) is 0 Å². The molecule has 1 saturated heterocycles. The quantitative estimate of drug-likeness (QED) is 0.682. The van der Waals surface area contributed by atoms with Gasteiger partial charge in [0.25, 0.3) is 0 Å². The molecule has 0 amide bonds. The molecule has 1 aromatic heterocycles. The van der Waals surface area contributed by atoms with E-state index in [1.165, 1.54) is 5.56 Å². The lowest BCUT2D eigenvalue weighted by Gasteiger charge is -2.33. The molecule has 4 rings (SSSR count). The molecule has 5 nitrogen and oxygen atoms in total. The molecule has 146 valence electrons. The van der Waals surface area contributed by atoms with Crippen molar-refractivity contribution in [3.8, 4) is 6.07 Å². The molecule has 1 aliphatic heterocycles. The van der Waals surface area contributed by atoms with E-state index in [0.29, 0.717) is 11.5 Å². The standard InChI is InChI=1S/C24H25N5/c1-18-15-23(28-24(26-18)27-22-10-6-5-9-21(22)17-25)29-13-11-20(12-14-29)16-19-7-3-2-4-8-19/h2-10,15,20H,11-14,16H2,1H3,(H,26,27,28). The van der Waals surface area contributed by atoms with Gasteiger partial charge in [-0.3, -0.25) is 0 Å². The Hall–Kier alpha value is -3.39. The van der Waals surface area contributed by atoms with Gasteiger partial charge < -0.3 is 10.2 Å². The Morgan fingerprint density at radius 2 is 1.76 bits per heavy atom. The number of piperidine rings is 1. The summed E-state index contributed by atoms with van der Waals surface area (Å²) < 4.78 is 0. The SMILES string of the molecule is Cc1cc(N2CCC(Cc3ccccc3)CC2)nc(Nc2ccccc2C#N)n1. The lowest BCUT2D eigenvalue weighted by molar-refractivity contribution is 0.402. The topological polar surface area (TPSA) is 64.8 Å². The molecule has 29 heavy (non-hydrogen) atoms. The lowest BCUT2D eigenvalue weighted by atomic mass is 9.90. The second-order valence-corrected chi connectivity index (χ2v) is 7.59. The number of nitriles is 1. The average Bonchev–Trinajstić information content (AvgIpc) is 2.75. The monoisotopic (exact) mass is 383 g/mol. The minimum absolute atomic E-state index is 0.536. The third kappa shape index (κ3) is 4.72. The summed E-state index contributed by atoms with van der Waals surface area (Å²) in [6, 6.07) is 22.4. The predicted molar refractivity (Wildman–Crippen MR) is 116 cm³/mol. The zero-order chi connectivity index (χ0) is 20.1. The Morgan fingerprint density at radius 3 is 2.52 bits per heavy atom. The van der Waals surface area contributed by atoms with Crippen LogP contribution < -0.4 is 10.2 Å². The molecule has 1 aliphatic rings. The van der Waals surface area contributed by atoms with Crippen LogP contribution in [-0.4, -0.2) is 23.1 Å². The Kier molecular flexibility index (Phi) is 5.71. The third-order valence-corrected chi connectivity index (χ3v) is 5.44. The summed E-state index contributed by atoms with van der Waals surface area (Å²) in [6.07, 6.45) is 3.48. The van der Waals surface area contributed by atoms with Crippen molar-refractivity contribution in [3.05, 3.63) is 77.5 Å². The first-order chi connectivity index (χ1) is 14.2. The van der Waals surface area contributed by atoms with Gasteiger partial charge >= 0.3 is 0 Å². The van der Waals surface area contributed by atoms with Gasteiger partial charge in [-0.2, -0.15) is 10.2 Å². The summed E-state index contributed by atoms with van der Waals surface area (Å²) in [5.74, 6) is 2.21. The molecule has 2 heterocycles. The second kappa shape index (κ2) is 8.74. The molecule has 2 aromatic carbocycles. The molecule has 0 spiro atoms. The number of rotatable bonds is 5. The van der Waals surface area contributed by atoms with Crippen LogP contribution in [0.15, 0.2) is 60.7 Å². The van der Waals surface area contributed by atoms with Gasteiger partial charge in [0.1, 0.15) is 11.9 Å². The van der Waals surface area contributed by atoms with E-state index in [1.54, 1.807) is 6.07 Å². The Morgan fingerprint density at radius 1 is 1.03 bits per heavy atom. The molecule has 1 fully saturated rings. The molecule has 0 atom stereocenters. The van der Waals surface area contributed by atoms with Crippen molar-refractivity contribution in [2.24, 2.45) is 5.92 Å². The number of hydrogen-bond acceptors (Lipinski definition) is 5. The van der Waals surface area contributed by atoms with Crippen LogP contribution in [0.3, 0.4) is 0 Å². The van der Waals surface area contributed by atoms with Crippen LogP contribution in [0, 0.1) is 24.2 Å². The maximum Gasteiger partial charge on any atom is 0.229 e. The molecule has 0 bridgehead atoms. The van der Waals surface area contributed by atoms with Crippen molar-refractivity contribution in [2.75, 3.05) is 23.3 Å². The van der Waals surface area contributed by atoms with E-state index in [0.717, 1.165) is 55.5 Å². The van der Waals surface area contributed by atoms with Crippen LogP contribution in [0.4, 0.5) is 17.5 Å². The number of aromatic nitrogens is 2. The zero-order valence-electron chi connectivity index (χ0n) is 16.7. The Labute approximate surface area is 172 Å².